The number of halogens is 1. The summed E-state index contributed by atoms with van der Waals surface area (Å²) in [5.74, 6) is -2.67. The summed E-state index contributed by atoms with van der Waals surface area (Å²) < 4.78 is 5.06. The SMILES string of the molecule is CCC(O)Oc1ccc(C(=O)O)c(C(=O)O)c1Br. The van der Waals surface area contributed by atoms with Crippen molar-refractivity contribution < 1.29 is 29.6 Å². The molecule has 0 heterocycles. The van der Waals surface area contributed by atoms with Crippen molar-refractivity contribution in [2.24, 2.45) is 0 Å². The van der Waals surface area contributed by atoms with Crippen molar-refractivity contribution in [3.05, 3.63) is 27.7 Å². The largest absolute Gasteiger partial charge is 0.478 e. The van der Waals surface area contributed by atoms with Crippen LogP contribution in [0.2, 0.25) is 0 Å². The third-order valence-corrected chi connectivity index (χ3v) is 2.95. The molecule has 0 fully saturated rings. The molecule has 0 aliphatic rings. The zero-order chi connectivity index (χ0) is 13.9. The van der Waals surface area contributed by atoms with Gasteiger partial charge in [0, 0.05) is 6.42 Å². The molecule has 6 nitrogen and oxygen atoms in total. The van der Waals surface area contributed by atoms with Gasteiger partial charge in [0.2, 0.25) is 0 Å². The highest BCUT2D eigenvalue weighted by Crippen LogP contribution is 2.32. The van der Waals surface area contributed by atoms with E-state index in [2.05, 4.69) is 15.9 Å². The normalized spacial score (nSPS) is 11.9. The Morgan fingerprint density at radius 3 is 2.39 bits per heavy atom. The maximum Gasteiger partial charge on any atom is 0.337 e. The van der Waals surface area contributed by atoms with Gasteiger partial charge in [-0.2, -0.15) is 0 Å². The molecule has 3 N–H and O–H groups in total. The molecule has 0 spiro atoms. The summed E-state index contributed by atoms with van der Waals surface area (Å²) in [6.45, 7) is 1.68. The van der Waals surface area contributed by atoms with Crippen LogP contribution < -0.4 is 4.74 Å². The zero-order valence-corrected chi connectivity index (χ0v) is 11.0. The average Bonchev–Trinajstić information content (AvgIpc) is 2.30. The standard InChI is InChI=1S/C11H11BrO6/c1-2-7(13)18-6-4-3-5(10(14)15)8(9(6)12)11(16)17/h3-4,7,13H,2H2,1H3,(H,14,15)(H,16,17). The molecule has 0 aromatic heterocycles. The van der Waals surface area contributed by atoms with Gasteiger partial charge in [-0.05, 0) is 28.1 Å². The molecule has 1 atom stereocenters. The number of benzene rings is 1. The van der Waals surface area contributed by atoms with Crippen LogP contribution in [0.1, 0.15) is 34.1 Å². The van der Waals surface area contributed by atoms with Gasteiger partial charge in [0.15, 0.2) is 6.29 Å². The smallest absolute Gasteiger partial charge is 0.337 e. The van der Waals surface area contributed by atoms with Gasteiger partial charge in [-0.1, -0.05) is 6.92 Å². The Hall–Kier alpha value is -1.60. The van der Waals surface area contributed by atoms with E-state index in [4.69, 9.17) is 14.9 Å². The molecule has 0 bridgehead atoms. The summed E-state index contributed by atoms with van der Waals surface area (Å²) in [5, 5.41) is 27.2. The maximum absolute atomic E-state index is 11.0. The molecule has 98 valence electrons. The number of ether oxygens (including phenoxy) is 1. The highest BCUT2D eigenvalue weighted by molar-refractivity contribution is 9.10. The molecule has 0 saturated carbocycles. The van der Waals surface area contributed by atoms with Crippen molar-refractivity contribution in [3.63, 3.8) is 0 Å². The van der Waals surface area contributed by atoms with Gasteiger partial charge in [-0.15, -0.1) is 0 Å². The number of carbonyl (C=O) groups is 2. The van der Waals surface area contributed by atoms with Crippen molar-refractivity contribution >= 4 is 27.9 Å². The predicted molar refractivity (Wildman–Crippen MR) is 65.0 cm³/mol. The first-order valence-corrected chi connectivity index (χ1v) is 5.81. The van der Waals surface area contributed by atoms with Gasteiger partial charge in [-0.3, -0.25) is 0 Å². The lowest BCUT2D eigenvalue weighted by Gasteiger charge is -2.14. The predicted octanol–water partition coefficient (Wildman–Crippen LogP) is 1.95. The number of aliphatic hydroxyl groups is 1. The lowest BCUT2D eigenvalue weighted by Crippen LogP contribution is -2.16. The first-order chi connectivity index (χ1) is 8.38. The zero-order valence-electron chi connectivity index (χ0n) is 9.38. The molecule has 1 aromatic carbocycles. The van der Waals surface area contributed by atoms with Crippen LogP contribution in [0, 0.1) is 0 Å². The van der Waals surface area contributed by atoms with E-state index in [0.717, 1.165) is 6.07 Å². The molecular weight excluding hydrogens is 308 g/mol. The fraction of sp³-hybridized carbons (Fsp3) is 0.273. The van der Waals surface area contributed by atoms with Gasteiger partial charge < -0.3 is 20.1 Å². The van der Waals surface area contributed by atoms with Crippen LogP contribution in [0.25, 0.3) is 0 Å². The lowest BCUT2D eigenvalue weighted by molar-refractivity contribution is -0.0197. The van der Waals surface area contributed by atoms with E-state index in [9.17, 15) is 14.7 Å². The molecule has 1 aromatic rings. The Morgan fingerprint density at radius 2 is 1.94 bits per heavy atom. The number of hydrogen-bond donors (Lipinski definition) is 3. The number of carboxylic acid groups (broad SMARTS) is 2. The summed E-state index contributed by atoms with van der Waals surface area (Å²) in [6.07, 6.45) is -0.770. The van der Waals surface area contributed by atoms with Crippen molar-refractivity contribution in [3.8, 4) is 5.75 Å². The summed E-state index contributed by atoms with van der Waals surface area (Å²) in [4.78, 5) is 21.9. The highest BCUT2D eigenvalue weighted by Gasteiger charge is 2.23. The minimum atomic E-state index is -1.39. The van der Waals surface area contributed by atoms with E-state index in [1.54, 1.807) is 6.92 Å². The van der Waals surface area contributed by atoms with E-state index in [-0.39, 0.29) is 15.8 Å². The lowest BCUT2D eigenvalue weighted by atomic mass is 10.1. The van der Waals surface area contributed by atoms with Crippen LogP contribution in [-0.2, 0) is 0 Å². The van der Waals surface area contributed by atoms with Crippen molar-refractivity contribution in [1.82, 2.24) is 0 Å². The van der Waals surface area contributed by atoms with Gasteiger partial charge >= 0.3 is 11.9 Å². The van der Waals surface area contributed by atoms with Gasteiger partial charge in [0.05, 0.1) is 15.6 Å². The summed E-state index contributed by atoms with van der Waals surface area (Å²) in [7, 11) is 0. The number of hydrogen-bond acceptors (Lipinski definition) is 4. The first kappa shape index (κ1) is 14.5. The monoisotopic (exact) mass is 318 g/mol. The molecule has 1 rings (SSSR count). The fourth-order valence-corrected chi connectivity index (χ4v) is 1.87. The Bertz CT molecular complexity index is 485. The Kier molecular flexibility index (Phi) is 4.69. The molecule has 0 radical (unpaired) electrons. The van der Waals surface area contributed by atoms with Crippen LogP contribution in [-0.4, -0.2) is 33.5 Å². The number of carboxylic acids is 2. The fourth-order valence-electron chi connectivity index (χ4n) is 1.27. The van der Waals surface area contributed by atoms with Gasteiger partial charge in [0.25, 0.3) is 0 Å². The Balaban J connectivity index is 3.30. The van der Waals surface area contributed by atoms with Crippen molar-refractivity contribution in [2.75, 3.05) is 0 Å². The Labute approximate surface area is 111 Å². The second kappa shape index (κ2) is 5.83. The first-order valence-electron chi connectivity index (χ1n) is 5.02. The third-order valence-electron chi connectivity index (χ3n) is 2.16. The number of aliphatic hydroxyl groups excluding tert-OH is 1. The number of aromatic carboxylic acids is 2. The molecule has 0 amide bonds. The molecule has 18 heavy (non-hydrogen) atoms. The molecule has 7 heteroatoms. The molecule has 1 unspecified atom stereocenters. The second-order valence-corrected chi connectivity index (χ2v) is 4.18. The van der Waals surface area contributed by atoms with Gasteiger partial charge in [0.1, 0.15) is 5.75 Å². The summed E-state index contributed by atoms with van der Waals surface area (Å²) in [5.41, 5.74) is -0.768. The highest BCUT2D eigenvalue weighted by atomic mass is 79.9. The maximum atomic E-state index is 11.0. The van der Waals surface area contributed by atoms with Crippen LogP contribution >= 0.6 is 15.9 Å². The van der Waals surface area contributed by atoms with Crippen LogP contribution in [0.15, 0.2) is 16.6 Å². The van der Waals surface area contributed by atoms with Crippen LogP contribution in [0.4, 0.5) is 0 Å². The third kappa shape index (κ3) is 2.99. The summed E-state index contributed by atoms with van der Waals surface area (Å²) in [6, 6.07) is 2.41. The number of rotatable bonds is 5. The van der Waals surface area contributed by atoms with E-state index < -0.39 is 23.8 Å². The minimum absolute atomic E-state index is 0.0117. The summed E-state index contributed by atoms with van der Waals surface area (Å²) >= 11 is 2.98. The average molecular weight is 319 g/mol. The van der Waals surface area contributed by atoms with Crippen LogP contribution in [0.3, 0.4) is 0 Å². The van der Waals surface area contributed by atoms with Crippen LogP contribution in [0.5, 0.6) is 5.75 Å². The molecule has 0 saturated heterocycles. The minimum Gasteiger partial charge on any atom is -0.478 e. The quantitative estimate of drug-likeness (QED) is 0.717. The Morgan fingerprint density at radius 1 is 1.33 bits per heavy atom. The van der Waals surface area contributed by atoms with E-state index in [0.29, 0.717) is 6.42 Å². The van der Waals surface area contributed by atoms with E-state index >= 15 is 0 Å². The molecule has 0 aliphatic carbocycles. The van der Waals surface area contributed by atoms with Crippen molar-refractivity contribution in [1.29, 1.82) is 0 Å². The van der Waals surface area contributed by atoms with Gasteiger partial charge in [-0.25, -0.2) is 9.59 Å². The van der Waals surface area contributed by atoms with Crippen molar-refractivity contribution in [2.45, 2.75) is 19.6 Å². The topological polar surface area (TPSA) is 104 Å². The second-order valence-electron chi connectivity index (χ2n) is 3.39. The molecule has 0 aliphatic heterocycles. The van der Waals surface area contributed by atoms with E-state index in [1.807, 2.05) is 0 Å². The molecular formula is C11H11BrO6. The van der Waals surface area contributed by atoms with E-state index in [1.165, 1.54) is 6.07 Å².